The van der Waals surface area contributed by atoms with Gasteiger partial charge in [-0.15, -0.1) is 24.0 Å². The molecule has 0 radical (unpaired) electrons. The van der Waals surface area contributed by atoms with Crippen LogP contribution in [0.15, 0.2) is 23.3 Å². The van der Waals surface area contributed by atoms with Gasteiger partial charge in [-0.2, -0.15) is 0 Å². The minimum absolute atomic E-state index is 0. The van der Waals surface area contributed by atoms with Crippen molar-refractivity contribution in [2.45, 2.75) is 41.5 Å². The van der Waals surface area contributed by atoms with Crippen LogP contribution < -0.4 is 0 Å². The predicted octanol–water partition coefficient (Wildman–Crippen LogP) is 4.56. The maximum atomic E-state index is 2.33. The van der Waals surface area contributed by atoms with Gasteiger partial charge in [0.25, 0.3) is 0 Å². The van der Waals surface area contributed by atoms with Gasteiger partial charge in [-0.3, -0.25) is 0 Å². The third-order valence-corrected chi connectivity index (χ3v) is 3.41. The van der Waals surface area contributed by atoms with Gasteiger partial charge < -0.3 is 0 Å². The summed E-state index contributed by atoms with van der Waals surface area (Å²) >= 11 is 0. The van der Waals surface area contributed by atoms with Gasteiger partial charge in [0.2, 0.25) is 0 Å². The third-order valence-electron chi connectivity index (χ3n) is 3.41. The Morgan fingerprint density at radius 3 is 1.23 bits per heavy atom. The molecule has 1 aliphatic rings. The van der Waals surface area contributed by atoms with Crippen LogP contribution in [0.4, 0.5) is 0 Å². The Labute approximate surface area is 99.5 Å². The largest absolute Gasteiger partial charge is 0.107 e. The van der Waals surface area contributed by atoms with Crippen LogP contribution in [0.1, 0.15) is 41.5 Å². The summed E-state index contributed by atoms with van der Waals surface area (Å²) in [7, 11) is 0. The van der Waals surface area contributed by atoms with Crippen molar-refractivity contribution in [1.82, 2.24) is 0 Å². The molecule has 0 aliphatic heterocycles. The standard InChI is InChI=1S/C12H20.HI/c1-9-10(2)12(5,6)8-7-11(9,3)4;/h7-8H,1-6H3;1H. The quantitative estimate of drug-likeness (QED) is 0.453. The molecule has 0 aromatic carbocycles. The van der Waals surface area contributed by atoms with Crippen molar-refractivity contribution >= 4 is 24.0 Å². The lowest BCUT2D eigenvalue weighted by molar-refractivity contribution is 0.476. The molecular weight excluding hydrogens is 271 g/mol. The van der Waals surface area contributed by atoms with Crippen molar-refractivity contribution in [2.24, 2.45) is 10.8 Å². The van der Waals surface area contributed by atoms with E-state index in [-0.39, 0.29) is 34.8 Å². The Morgan fingerprint density at radius 1 is 0.769 bits per heavy atom. The van der Waals surface area contributed by atoms with Gasteiger partial charge in [0, 0.05) is 10.8 Å². The fourth-order valence-electron chi connectivity index (χ4n) is 1.63. The van der Waals surface area contributed by atoms with Crippen LogP contribution in [0.5, 0.6) is 0 Å². The lowest BCUT2D eigenvalue weighted by Gasteiger charge is -2.36. The van der Waals surface area contributed by atoms with E-state index in [9.17, 15) is 0 Å². The molecule has 0 bridgehead atoms. The van der Waals surface area contributed by atoms with Crippen LogP contribution in [0.3, 0.4) is 0 Å². The monoisotopic (exact) mass is 292 g/mol. The lowest BCUT2D eigenvalue weighted by atomic mass is 9.69. The number of allylic oxidation sites excluding steroid dienone is 4. The number of rotatable bonds is 0. The first-order valence-electron chi connectivity index (χ1n) is 4.66. The molecule has 0 heterocycles. The highest BCUT2D eigenvalue weighted by Gasteiger charge is 2.29. The van der Waals surface area contributed by atoms with Crippen LogP contribution in [0, 0.1) is 10.8 Å². The van der Waals surface area contributed by atoms with E-state index in [2.05, 4.69) is 53.7 Å². The van der Waals surface area contributed by atoms with Crippen molar-refractivity contribution < 1.29 is 0 Å². The molecule has 0 amide bonds. The SMILES string of the molecule is CC1=C(C)C(C)(C)C=CC1(C)C.I. The van der Waals surface area contributed by atoms with E-state index in [1.165, 1.54) is 11.1 Å². The molecule has 0 aromatic heterocycles. The fourth-order valence-corrected chi connectivity index (χ4v) is 1.63. The van der Waals surface area contributed by atoms with E-state index in [0.29, 0.717) is 0 Å². The van der Waals surface area contributed by atoms with Crippen LogP contribution >= 0.6 is 24.0 Å². The Balaban J connectivity index is 0.00000144. The maximum Gasteiger partial charge on any atom is 0.00346 e. The lowest BCUT2D eigenvalue weighted by Crippen LogP contribution is -2.23. The maximum absolute atomic E-state index is 2.33. The van der Waals surface area contributed by atoms with Crippen LogP contribution in [-0.2, 0) is 0 Å². The average Bonchev–Trinajstić information content (AvgIpc) is 1.96. The van der Waals surface area contributed by atoms with Crippen LogP contribution in [0.2, 0.25) is 0 Å². The molecule has 1 aliphatic carbocycles. The van der Waals surface area contributed by atoms with Gasteiger partial charge in [0.1, 0.15) is 0 Å². The van der Waals surface area contributed by atoms with E-state index in [1.54, 1.807) is 0 Å². The fraction of sp³-hybridized carbons (Fsp3) is 0.667. The summed E-state index contributed by atoms with van der Waals surface area (Å²) in [5.41, 5.74) is 3.57. The molecule has 76 valence electrons. The first kappa shape index (κ1) is 13.2. The topological polar surface area (TPSA) is 0 Å². The summed E-state index contributed by atoms with van der Waals surface area (Å²) in [6, 6.07) is 0. The van der Waals surface area contributed by atoms with Crippen molar-refractivity contribution in [3.8, 4) is 0 Å². The molecule has 13 heavy (non-hydrogen) atoms. The zero-order chi connectivity index (χ0) is 9.57. The summed E-state index contributed by atoms with van der Waals surface area (Å²) in [5, 5.41) is 0. The summed E-state index contributed by atoms with van der Waals surface area (Å²) in [5.74, 6) is 0. The smallest absolute Gasteiger partial charge is 0.00346 e. The highest BCUT2D eigenvalue weighted by molar-refractivity contribution is 14.0. The molecule has 0 fully saturated rings. The van der Waals surface area contributed by atoms with E-state index in [1.807, 2.05) is 0 Å². The zero-order valence-corrected chi connectivity index (χ0v) is 11.9. The van der Waals surface area contributed by atoms with Gasteiger partial charge in [-0.1, -0.05) is 51.0 Å². The van der Waals surface area contributed by atoms with Crippen molar-refractivity contribution in [2.75, 3.05) is 0 Å². The third kappa shape index (κ3) is 2.36. The predicted molar refractivity (Wildman–Crippen MR) is 70.5 cm³/mol. The first-order chi connectivity index (χ1) is 5.27. The normalized spacial score (nSPS) is 24.2. The van der Waals surface area contributed by atoms with E-state index in [0.717, 1.165) is 0 Å². The molecule has 1 heteroatoms. The number of hydrogen-bond donors (Lipinski definition) is 0. The van der Waals surface area contributed by atoms with Gasteiger partial charge in [-0.05, 0) is 13.8 Å². The van der Waals surface area contributed by atoms with Crippen molar-refractivity contribution in [3.05, 3.63) is 23.3 Å². The van der Waals surface area contributed by atoms with Gasteiger partial charge in [-0.25, -0.2) is 0 Å². The second-order valence-corrected chi connectivity index (χ2v) is 5.03. The molecule has 0 saturated heterocycles. The van der Waals surface area contributed by atoms with E-state index >= 15 is 0 Å². The minimum Gasteiger partial charge on any atom is -0.107 e. The highest BCUT2D eigenvalue weighted by Crippen LogP contribution is 2.43. The van der Waals surface area contributed by atoms with E-state index < -0.39 is 0 Å². The van der Waals surface area contributed by atoms with Crippen molar-refractivity contribution in [1.29, 1.82) is 0 Å². The molecule has 0 N–H and O–H groups in total. The van der Waals surface area contributed by atoms with E-state index in [4.69, 9.17) is 0 Å². The van der Waals surface area contributed by atoms with Gasteiger partial charge in [0.05, 0.1) is 0 Å². The minimum atomic E-state index is 0. The Bertz CT molecular complexity index is 228. The number of halogens is 1. The average molecular weight is 292 g/mol. The van der Waals surface area contributed by atoms with Crippen LogP contribution in [0.25, 0.3) is 0 Å². The van der Waals surface area contributed by atoms with Crippen LogP contribution in [-0.4, -0.2) is 0 Å². The summed E-state index contributed by atoms with van der Waals surface area (Å²) in [4.78, 5) is 0. The molecule has 0 atom stereocenters. The Morgan fingerprint density at radius 2 is 1.00 bits per heavy atom. The summed E-state index contributed by atoms with van der Waals surface area (Å²) < 4.78 is 0. The summed E-state index contributed by atoms with van der Waals surface area (Å²) in [6.45, 7) is 13.6. The molecule has 0 aromatic rings. The molecule has 0 unspecified atom stereocenters. The molecular formula is C12H21I. The second-order valence-electron chi connectivity index (χ2n) is 5.03. The summed E-state index contributed by atoms with van der Waals surface area (Å²) in [6.07, 6.45) is 4.66. The molecule has 0 spiro atoms. The Hall–Kier alpha value is 0.210. The Kier molecular flexibility index (Phi) is 3.82. The molecule has 1 rings (SSSR count). The van der Waals surface area contributed by atoms with Gasteiger partial charge in [0.15, 0.2) is 0 Å². The number of hydrogen-bond acceptors (Lipinski definition) is 0. The molecule has 0 nitrogen and oxygen atoms in total. The molecule has 0 saturated carbocycles. The second kappa shape index (κ2) is 3.76. The zero-order valence-electron chi connectivity index (χ0n) is 9.56. The van der Waals surface area contributed by atoms with Gasteiger partial charge >= 0.3 is 0 Å². The highest BCUT2D eigenvalue weighted by atomic mass is 127. The van der Waals surface area contributed by atoms with Crippen molar-refractivity contribution in [3.63, 3.8) is 0 Å². The first-order valence-corrected chi connectivity index (χ1v) is 4.66.